The Morgan fingerprint density at radius 3 is 2.32 bits per heavy atom. The lowest BCUT2D eigenvalue weighted by Gasteiger charge is -2.30. The van der Waals surface area contributed by atoms with Gasteiger partial charge >= 0.3 is 5.97 Å². The predicted octanol–water partition coefficient (Wildman–Crippen LogP) is 2.65. The SMILES string of the molecule is CC1(C)OC2[C@H](O[C@H]([C@H](COC(=O)c3ccccc3)OS(C)(=O)=O)[C@H]2OCc2ccccc2)O1. The Labute approximate surface area is 199 Å². The highest BCUT2D eigenvalue weighted by molar-refractivity contribution is 7.86. The molecule has 0 saturated carbocycles. The van der Waals surface area contributed by atoms with Crippen LogP contribution in [0.2, 0.25) is 0 Å². The Kier molecular flexibility index (Phi) is 7.36. The van der Waals surface area contributed by atoms with Gasteiger partial charge in [0.25, 0.3) is 10.1 Å². The van der Waals surface area contributed by atoms with Crippen molar-refractivity contribution in [2.24, 2.45) is 0 Å². The fourth-order valence-electron chi connectivity index (χ4n) is 3.98. The molecule has 2 heterocycles. The van der Waals surface area contributed by atoms with E-state index in [1.165, 1.54) is 0 Å². The van der Waals surface area contributed by atoms with Gasteiger partial charge in [-0.05, 0) is 31.5 Å². The zero-order chi connectivity index (χ0) is 24.3. The summed E-state index contributed by atoms with van der Waals surface area (Å²) in [5, 5.41) is 0. The highest BCUT2D eigenvalue weighted by Crippen LogP contribution is 2.40. The third-order valence-electron chi connectivity index (χ3n) is 5.37. The van der Waals surface area contributed by atoms with E-state index in [1.807, 2.05) is 30.3 Å². The molecule has 2 aromatic rings. The van der Waals surface area contributed by atoms with Crippen LogP contribution in [0, 0.1) is 0 Å². The molecule has 5 atom stereocenters. The molecule has 2 aliphatic heterocycles. The second kappa shape index (κ2) is 10.1. The van der Waals surface area contributed by atoms with Crippen LogP contribution in [0.25, 0.3) is 0 Å². The summed E-state index contributed by atoms with van der Waals surface area (Å²) in [6, 6.07) is 17.9. The van der Waals surface area contributed by atoms with Crippen molar-refractivity contribution in [3.8, 4) is 0 Å². The zero-order valence-corrected chi connectivity index (χ0v) is 20.0. The van der Waals surface area contributed by atoms with Crippen LogP contribution in [0.1, 0.15) is 29.8 Å². The fraction of sp³-hybridized carbons (Fsp3) is 0.458. The molecule has 2 aliphatic rings. The average molecular weight is 493 g/mol. The molecule has 34 heavy (non-hydrogen) atoms. The molecule has 2 saturated heterocycles. The lowest BCUT2D eigenvalue weighted by atomic mass is 10.1. The average Bonchev–Trinajstić information content (AvgIpc) is 3.27. The van der Waals surface area contributed by atoms with Crippen molar-refractivity contribution < 1.29 is 41.1 Å². The molecule has 10 heteroatoms. The van der Waals surface area contributed by atoms with E-state index in [-0.39, 0.29) is 13.2 Å². The second-order valence-electron chi connectivity index (χ2n) is 8.63. The van der Waals surface area contributed by atoms with Crippen molar-refractivity contribution in [1.29, 1.82) is 0 Å². The molecule has 0 bridgehead atoms. The normalized spacial score (nSPS) is 26.7. The molecule has 1 unspecified atom stereocenters. The monoisotopic (exact) mass is 492 g/mol. The summed E-state index contributed by atoms with van der Waals surface area (Å²) in [4.78, 5) is 12.5. The molecule has 4 rings (SSSR count). The van der Waals surface area contributed by atoms with E-state index in [9.17, 15) is 13.2 Å². The Morgan fingerprint density at radius 2 is 1.68 bits per heavy atom. The number of carbonyl (C=O) groups excluding carboxylic acids is 1. The summed E-state index contributed by atoms with van der Waals surface area (Å²) in [7, 11) is -3.92. The molecule has 2 aromatic carbocycles. The summed E-state index contributed by atoms with van der Waals surface area (Å²) in [5.74, 6) is -1.52. The number of carbonyl (C=O) groups is 1. The summed E-state index contributed by atoms with van der Waals surface area (Å²) >= 11 is 0. The van der Waals surface area contributed by atoms with Crippen molar-refractivity contribution in [2.75, 3.05) is 12.9 Å². The van der Waals surface area contributed by atoms with Crippen molar-refractivity contribution in [2.45, 2.75) is 56.9 Å². The fourth-order valence-corrected chi connectivity index (χ4v) is 4.59. The van der Waals surface area contributed by atoms with Crippen LogP contribution in [0.3, 0.4) is 0 Å². The quantitative estimate of drug-likeness (QED) is 0.386. The molecule has 0 amide bonds. The van der Waals surface area contributed by atoms with Gasteiger partial charge in [0, 0.05) is 0 Å². The van der Waals surface area contributed by atoms with Gasteiger partial charge in [-0.15, -0.1) is 0 Å². The van der Waals surface area contributed by atoms with Gasteiger partial charge in [0.1, 0.15) is 31.0 Å². The van der Waals surface area contributed by atoms with Gasteiger partial charge in [0.15, 0.2) is 12.1 Å². The number of hydrogen-bond acceptors (Lipinski definition) is 9. The summed E-state index contributed by atoms with van der Waals surface area (Å²) in [6.07, 6.45) is -3.35. The summed E-state index contributed by atoms with van der Waals surface area (Å²) < 4.78 is 58.7. The van der Waals surface area contributed by atoms with E-state index < -0.39 is 52.6 Å². The molecule has 0 N–H and O–H groups in total. The van der Waals surface area contributed by atoms with Crippen LogP contribution >= 0.6 is 0 Å². The van der Waals surface area contributed by atoms with Gasteiger partial charge in [-0.25, -0.2) is 4.79 Å². The van der Waals surface area contributed by atoms with Crippen LogP contribution in [-0.4, -0.2) is 63.7 Å². The van der Waals surface area contributed by atoms with Crippen LogP contribution in [0.4, 0.5) is 0 Å². The number of ether oxygens (including phenoxy) is 5. The smallest absolute Gasteiger partial charge is 0.338 e. The van der Waals surface area contributed by atoms with Crippen molar-refractivity contribution >= 4 is 16.1 Å². The predicted molar refractivity (Wildman–Crippen MR) is 120 cm³/mol. The first-order valence-corrected chi connectivity index (χ1v) is 12.7. The minimum absolute atomic E-state index is 0.230. The minimum Gasteiger partial charge on any atom is -0.459 e. The molecule has 0 aliphatic carbocycles. The lowest BCUT2D eigenvalue weighted by Crippen LogP contribution is -2.46. The van der Waals surface area contributed by atoms with Gasteiger partial charge in [-0.1, -0.05) is 48.5 Å². The highest BCUT2D eigenvalue weighted by atomic mass is 32.2. The number of benzene rings is 2. The van der Waals surface area contributed by atoms with Gasteiger partial charge in [0.2, 0.25) is 0 Å². The molecule has 0 spiro atoms. The maximum Gasteiger partial charge on any atom is 0.338 e. The van der Waals surface area contributed by atoms with Crippen molar-refractivity contribution in [3.63, 3.8) is 0 Å². The maximum absolute atomic E-state index is 12.5. The lowest BCUT2D eigenvalue weighted by molar-refractivity contribution is -0.230. The molecular formula is C24H28O9S. The Hall–Kier alpha value is -2.34. The molecule has 184 valence electrons. The second-order valence-corrected chi connectivity index (χ2v) is 10.2. The number of rotatable bonds is 9. The van der Waals surface area contributed by atoms with Crippen LogP contribution < -0.4 is 0 Å². The van der Waals surface area contributed by atoms with E-state index in [0.29, 0.717) is 5.56 Å². The van der Waals surface area contributed by atoms with E-state index in [4.69, 9.17) is 27.9 Å². The van der Waals surface area contributed by atoms with E-state index in [1.54, 1.807) is 44.2 Å². The molecule has 0 radical (unpaired) electrons. The van der Waals surface area contributed by atoms with E-state index in [2.05, 4.69) is 0 Å². The number of esters is 1. The van der Waals surface area contributed by atoms with Crippen molar-refractivity contribution in [3.05, 3.63) is 71.8 Å². The topological polar surface area (TPSA) is 107 Å². The minimum atomic E-state index is -3.92. The zero-order valence-electron chi connectivity index (χ0n) is 19.2. The first kappa shape index (κ1) is 24.8. The third-order valence-corrected chi connectivity index (χ3v) is 5.96. The van der Waals surface area contributed by atoms with Crippen LogP contribution in [-0.2, 0) is 44.6 Å². The van der Waals surface area contributed by atoms with Gasteiger partial charge in [0.05, 0.1) is 18.4 Å². The standard InChI is InChI=1S/C24H28O9S/c1-24(2)31-21-20(28-14-16-10-6-4-7-11-16)19(30-23(21)32-24)18(33-34(3,26)27)15-29-22(25)17-12-8-5-9-13-17/h4-13,18-21,23H,14-15H2,1-3H3/t18-,19+,20+,21?,23+/m0/s1. The third kappa shape index (κ3) is 6.21. The summed E-state index contributed by atoms with van der Waals surface area (Å²) in [5.41, 5.74) is 1.24. The maximum atomic E-state index is 12.5. The Balaban J connectivity index is 1.53. The van der Waals surface area contributed by atoms with Crippen molar-refractivity contribution in [1.82, 2.24) is 0 Å². The molecule has 2 fully saturated rings. The first-order valence-electron chi connectivity index (χ1n) is 10.9. The molecule has 0 aromatic heterocycles. The van der Waals surface area contributed by atoms with Crippen LogP contribution in [0.15, 0.2) is 60.7 Å². The number of hydrogen-bond donors (Lipinski definition) is 0. The summed E-state index contributed by atoms with van der Waals surface area (Å²) in [6.45, 7) is 3.36. The van der Waals surface area contributed by atoms with Gasteiger partial charge < -0.3 is 23.7 Å². The Bertz CT molecular complexity index is 1070. The first-order chi connectivity index (χ1) is 16.1. The highest BCUT2D eigenvalue weighted by Gasteiger charge is 2.58. The number of fused-ring (bicyclic) bond motifs is 1. The molecular weight excluding hydrogens is 464 g/mol. The van der Waals surface area contributed by atoms with E-state index in [0.717, 1.165) is 11.8 Å². The van der Waals surface area contributed by atoms with Gasteiger partial charge in [-0.3, -0.25) is 4.18 Å². The Morgan fingerprint density at radius 1 is 1.03 bits per heavy atom. The van der Waals surface area contributed by atoms with E-state index >= 15 is 0 Å². The largest absolute Gasteiger partial charge is 0.459 e. The van der Waals surface area contributed by atoms with Gasteiger partial charge in [-0.2, -0.15) is 8.42 Å². The van der Waals surface area contributed by atoms with Crippen LogP contribution in [0.5, 0.6) is 0 Å². The molecule has 9 nitrogen and oxygen atoms in total.